The fraction of sp³-hybridized carbons (Fsp3) is 0.500. The van der Waals surface area contributed by atoms with Crippen molar-refractivity contribution < 1.29 is 9.53 Å². The minimum absolute atomic E-state index is 0.0670. The number of carbonyl (C=O) groups is 1. The third-order valence-corrected chi connectivity index (χ3v) is 3.22. The maximum absolute atomic E-state index is 12.5. The van der Waals surface area contributed by atoms with E-state index in [9.17, 15) is 4.79 Å². The minimum Gasteiger partial charge on any atom is -0.496 e. The fourth-order valence-electron chi connectivity index (χ4n) is 1.78. The molecule has 0 aliphatic rings. The van der Waals surface area contributed by atoms with Gasteiger partial charge in [-0.1, -0.05) is 24.9 Å². The molecule has 0 N–H and O–H groups in total. The van der Waals surface area contributed by atoms with Crippen LogP contribution in [0.25, 0.3) is 0 Å². The average molecular weight is 304 g/mol. The van der Waals surface area contributed by atoms with Gasteiger partial charge in [-0.15, -0.1) is 11.6 Å². The zero-order valence-corrected chi connectivity index (χ0v) is 12.8. The van der Waals surface area contributed by atoms with E-state index in [4.69, 9.17) is 27.9 Å². The zero-order valence-electron chi connectivity index (χ0n) is 11.3. The Morgan fingerprint density at radius 3 is 2.68 bits per heavy atom. The summed E-state index contributed by atoms with van der Waals surface area (Å²) in [5.74, 6) is 0.849. The molecule has 1 rings (SSSR count). The van der Waals surface area contributed by atoms with E-state index in [0.29, 0.717) is 35.3 Å². The summed E-state index contributed by atoms with van der Waals surface area (Å²) in [6.07, 6.45) is 1.99. The van der Waals surface area contributed by atoms with Crippen LogP contribution in [0.15, 0.2) is 18.2 Å². The lowest BCUT2D eigenvalue weighted by Crippen LogP contribution is -2.33. The summed E-state index contributed by atoms with van der Waals surface area (Å²) in [6.45, 7) is 3.33. The minimum atomic E-state index is -0.0670. The van der Waals surface area contributed by atoms with Gasteiger partial charge in [0, 0.05) is 24.0 Å². The molecular weight excluding hydrogens is 285 g/mol. The molecule has 0 spiro atoms. The van der Waals surface area contributed by atoms with Crippen molar-refractivity contribution in [3.8, 4) is 5.75 Å². The maximum Gasteiger partial charge on any atom is 0.257 e. The van der Waals surface area contributed by atoms with Crippen LogP contribution in [-0.4, -0.2) is 36.9 Å². The van der Waals surface area contributed by atoms with Crippen LogP contribution < -0.4 is 4.74 Å². The van der Waals surface area contributed by atoms with Crippen molar-refractivity contribution in [2.45, 2.75) is 19.8 Å². The van der Waals surface area contributed by atoms with Gasteiger partial charge in [-0.05, 0) is 24.6 Å². The zero-order chi connectivity index (χ0) is 14.3. The Morgan fingerprint density at radius 2 is 2.11 bits per heavy atom. The summed E-state index contributed by atoms with van der Waals surface area (Å²) in [7, 11) is 1.53. The smallest absolute Gasteiger partial charge is 0.257 e. The van der Waals surface area contributed by atoms with Crippen molar-refractivity contribution in [3.63, 3.8) is 0 Å². The number of ether oxygens (including phenoxy) is 1. The highest BCUT2D eigenvalue weighted by Crippen LogP contribution is 2.24. The van der Waals surface area contributed by atoms with Crippen LogP contribution in [0, 0.1) is 0 Å². The van der Waals surface area contributed by atoms with Crippen LogP contribution in [0.2, 0.25) is 5.02 Å². The first-order chi connectivity index (χ1) is 9.13. The SMILES string of the molecule is CCCCN(CCCl)C(=O)c1ccc(Cl)cc1OC. The number of rotatable bonds is 7. The standard InChI is InChI=1S/C14H19Cl2NO2/c1-3-4-8-17(9-7-15)14(18)12-6-5-11(16)10-13(12)19-2/h5-6,10H,3-4,7-9H2,1-2H3. The molecule has 0 bridgehead atoms. The van der Waals surface area contributed by atoms with Crippen molar-refractivity contribution in [2.75, 3.05) is 26.1 Å². The van der Waals surface area contributed by atoms with E-state index in [1.807, 2.05) is 0 Å². The van der Waals surface area contributed by atoms with E-state index in [-0.39, 0.29) is 5.91 Å². The lowest BCUT2D eigenvalue weighted by Gasteiger charge is -2.22. The molecule has 1 amide bonds. The molecule has 19 heavy (non-hydrogen) atoms. The van der Waals surface area contributed by atoms with Gasteiger partial charge in [0.15, 0.2) is 0 Å². The van der Waals surface area contributed by atoms with E-state index in [0.717, 1.165) is 12.8 Å². The topological polar surface area (TPSA) is 29.5 Å². The largest absolute Gasteiger partial charge is 0.496 e. The van der Waals surface area contributed by atoms with Gasteiger partial charge in [0.1, 0.15) is 5.75 Å². The molecule has 0 atom stereocenters. The molecule has 0 heterocycles. The lowest BCUT2D eigenvalue weighted by atomic mass is 10.1. The van der Waals surface area contributed by atoms with Crippen LogP contribution in [0.5, 0.6) is 5.75 Å². The number of nitrogens with zero attached hydrogens (tertiary/aromatic N) is 1. The quantitative estimate of drug-likeness (QED) is 0.717. The molecule has 5 heteroatoms. The van der Waals surface area contributed by atoms with Crippen LogP contribution >= 0.6 is 23.2 Å². The normalized spacial score (nSPS) is 10.3. The first kappa shape index (κ1) is 16.1. The van der Waals surface area contributed by atoms with E-state index in [1.165, 1.54) is 7.11 Å². The number of unbranched alkanes of at least 4 members (excludes halogenated alkanes) is 1. The highest BCUT2D eigenvalue weighted by Gasteiger charge is 2.19. The summed E-state index contributed by atoms with van der Waals surface area (Å²) >= 11 is 11.7. The Morgan fingerprint density at radius 1 is 1.37 bits per heavy atom. The molecule has 0 aliphatic heterocycles. The predicted molar refractivity (Wildman–Crippen MR) is 79.5 cm³/mol. The van der Waals surface area contributed by atoms with Crippen LogP contribution in [0.1, 0.15) is 30.1 Å². The number of carbonyl (C=O) groups excluding carboxylic acids is 1. The summed E-state index contributed by atoms with van der Waals surface area (Å²) in [6, 6.07) is 5.03. The number of methoxy groups -OCH3 is 1. The van der Waals surface area contributed by atoms with Gasteiger partial charge >= 0.3 is 0 Å². The molecule has 0 aromatic heterocycles. The van der Waals surface area contributed by atoms with Crippen molar-refractivity contribution >= 4 is 29.1 Å². The first-order valence-electron chi connectivity index (χ1n) is 6.32. The Bertz CT molecular complexity index is 424. The van der Waals surface area contributed by atoms with Gasteiger partial charge < -0.3 is 9.64 Å². The fourth-order valence-corrected chi connectivity index (χ4v) is 2.14. The Balaban J connectivity index is 2.94. The van der Waals surface area contributed by atoms with E-state index in [2.05, 4.69) is 6.92 Å². The molecule has 0 aliphatic carbocycles. The Kier molecular flexibility index (Phi) is 7.03. The predicted octanol–water partition coefficient (Wildman–Crippen LogP) is 3.83. The molecule has 0 saturated heterocycles. The highest BCUT2D eigenvalue weighted by atomic mass is 35.5. The van der Waals surface area contributed by atoms with Crippen LogP contribution in [0.3, 0.4) is 0 Å². The van der Waals surface area contributed by atoms with Crippen molar-refractivity contribution in [1.29, 1.82) is 0 Å². The van der Waals surface area contributed by atoms with Gasteiger partial charge in [0.05, 0.1) is 12.7 Å². The van der Waals surface area contributed by atoms with E-state index >= 15 is 0 Å². The molecule has 1 aromatic rings. The Hall–Kier alpha value is -0.930. The van der Waals surface area contributed by atoms with Gasteiger partial charge in [-0.25, -0.2) is 0 Å². The summed E-state index contributed by atoms with van der Waals surface area (Å²) in [4.78, 5) is 14.2. The molecule has 1 aromatic carbocycles. The average Bonchev–Trinajstić information content (AvgIpc) is 2.42. The lowest BCUT2D eigenvalue weighted by molar-refractivity contribution is 0.0760. The van der Waals surface area contributed by atoms with Crippen LogP contribution in [-0.2, 0) is 0 Å². The van der Waals surface area contributed by atoms with Crippen molar-refractivity contribution in [3.05, 3.63) is 28.8 Å². The molecule has 106 valence electrons. The van der Waals surface area contributed by atoms with Crippen LogP contribution in [0.4, 0.5) is 0 Å². The van der Waals surface area contributed by atoms with Crippen molar-refractivity contribution in [2.24, 2.45) is 0 Å². The summed E-state index contributed by atoms with van der Waals surface area (Å²) in [5, 5.41) is 0.547. The van der Waals surface area contributed by atoms with Gasteiger partial charge in [-0.3, -0.25) is 4.79 Å². The summed E-state index contributed by atoms with van der Waals surface area (Å²) < 4.78 is 5.22. The van der Waals surface area contributed by atoms with Gasteiger partial charge in [0.25, 0.3) is 5.91 Å². The number of alkyl halides is 1. The number of benzene rings is 1. The molecule has 0 unspecified atom stereocenters. The number of halogens is 2. The van der Waals surface area contributed by atoms with Gasteiger partial charge in [-0.2, -0.15) is 0 Å². The maximum atomic E-state index is 12.5. The monoisotopic (exact) mass is 303 g/mol. The molecule has 0 fully saturated rings. The molecule has 0 saturated carbocycles. The number of hydrogen-bond acceptors (Lipinski definition) is 2. The van der Waals surface area contributed by atoms with Gasteiger partial charge in [0.2, 0.25) is 0 Å². The van der Waals surface area contributed by atoms with Crippen molar-refractivity contribution in [1.82, 2.24) is 4.90 Å². The number of hydrogen-bond donors (Lipinski definition) is 0. The van der Waals surface area contributed by atoms with E-state index in [1.54, 1.807) is 23.1 Å². The number of amides is 1. The second-order valence-corrected chi connectivity index (χ2v) is 4.99. The third kappa shape index (κ3) is 4.59. The highest BCUT2D eigenvalue weighted by molar-refractivity contribution is 6.30. The van der Waals surface area contributed by atoms with E-state index < -0.39 is 0 Å². The second kappa shape index (κ2) is 8.28. The Labute approximate surface area is 124 Å². The molecule has 0 radical (unpaired) electrons. The first-order valence-corrected chi connectivity index (χ1v) is 7.24. The second-order valence-electron chi connectivity index (χ2n) is 4.18. The summed E-state index contributed by atoms with van der Waals surface area (Å²) in [5.41, 5.74) is 0.521. The molecule has 3 nitrogen and oxygen atoms in total. The molecular formula is C14H19Cl2NO2. The third-order valence-electron chi connectivity index (χ3n) is 2.82.